The van der Waals surface area contributed by atoms with E-state index in [1.54, 1.807) is 0 Å². The van der Waals surface area contributed by atoms with Gasteiger partial charge in [-0.15, -0.1) is 47.4 Å². The van der Waals surface area contributed by atoms with Crippen LogP contribution in [0.5, 0.6) is 0 Å². The van der Waals surface area contributed by atoms with Gasteiger partial charge in [-0.25, -0.2) is 4.98 Å². The van der Waals surface area contributed by atoms with Gasteiger partial charge in [0.25, 0.3) is 0 Å². The van der Waals surface area contributed by atoms with Gasteiger partial charge in [0, 0.05) is 49.5 Å². The summed E-state index contributed by atoms with van der Waals surface area (Å²) in [6, 6.07) is 6.20. The molecule has 0 bridgehead atoms. The Balaban J connectivity index is 0.00000144. The summed E-state index contributed by atoms with van der Waals surface area (Å²) in [7, 11) is 4.21. The summed E-state index contributed by atoms with van der Waals surface area (Å²) in [6.45, 7) is 4.63. The molecule has 35 heavy (non-hydrogen) atoms. The molecule has 0 amide bonds. The smallest absolute Gasteiger partial charge is 0.153 e. The number of likely N-dealkylation sites (N-methyl/N-ethyl adjacent to an activating group) is 1. The quantitative estimate of drug-likeness (QED) is 0.522. The zero-order chi connectivity index (χ0) is 22.1. The van der Waals surface area contributed by atoms with Crippen LogP contribution >= 0.6 is 48.8 Å². The minimum Gasteiger partial charge on any atom is -0.368 e. The Kier molecular flexibility index (Phi) is 10.9. The van der Waals surface area contributed by atoms with Crippen molar-refractivity contribution in [1.29, 1.82) is 0 Å². The van der Waals surface area contributed by atoms with Crippen LogP contribution in [0.25, 0.3) is 0 Å². The first-order valence-corrected chi connectivity index (χ1v) is 11.7. The Hall–Kier alpha value is -1.77. The molecule has 2 aliphatic heterocycles. The summed E-state index contributed by atoms with van der Waals surface area (Å²) < 4.78 is 2.36. The molecule has 4 heterocycles. The van der Waals surface area contributed by atoms with Crippen molar-refractivity contribution in [3.63, 3.8) is 0 Å². The van der Waals surface area contributed by atoms with Gasteiger partial charge in [-0.1, -0.05) is 23.7 Å². The van der Waals surface area contributed by atoms with E-state index in [9.17, 15) is 0 Å². The Morgan fingerprint density at radius 1 is 1.09 bits per heavy atom. The average molecular weight is 561 g/mol. The topological polar surface area (TPSA) is 53.3 Å². The van der Waals surface area contributed by atoms with Crippen LogP contribution in [0, 0.1) is 0 Å². The van der Waals surface area contributed by atoms with E-state index in [0.717, 1.165) is 68.1 Å². The molecular weight excluding hydrogens is 528 g/mol. The summed E-state index contributed by atoms with van der Waals surface area (Å²) in [6.07, 6.45) is 12.5. The van der Waals surface area contributed by atoms with Crippen LogP contribution < -0.4 is 4.90 Å². The summed E-state index contributed by atoms with van der Waals surface area (Å²) in [4.78, 5) is 11.4. The molecule has 11 heteroatoms. The minimum atomic E-state index is 0. The molecule has 0 radical (unpaired) electrons. The normalized spacial score (nSPS) is 19.4. The Labute approximate surface area is 231 Å². The molecule has 1 aliphatic carbocycles. The zero-order valence-electron chi connectivity index (χ0n) is 20.0. The van der Waals surface area contributed by atoms with Gasteiger partial charge in [0.2, 0.25) is 0 Å². The second kappa shape index (κ2) is 13.0. The fourth-order valence-electron chi connectivity index (χ4n) is 4.78. The molecule has 0 N–H and O–H groups in total. The largest absolute Gasteiger partial charge is 0.368 e. The van der Waals surface area contributed by atoms with Crippen LogP contribution in [-0.2, 0) is 6.54 Å². The van der Waals surface area contributed by atoms with E-state index < -0.39 is 0 Å². The molecule has 0 saturated carbocycles. The molecule has 2 aromatic heterocycles. The number of allylic oxidation sites excluding steroid dienone is 5. The second-order valence-electron chi connectivity index (χ2n) is 9.03. The van der Waals surface area contributed by atoms with E-state index >= 15 is 0 Å². The van der Waals surface area contributed by atoms with E-state index in [2.05, 4.69) is 73.9 Å². The van der Waals surface area contributed by atoms with Crippen LogP contribution in [0.4, 0.5) is 5.82 Å². The molecular formula is C24H33Cl4N7. The molecule has 192 valence electrons. The fraction of sp³-hybridized carbons (Fsp3) is 0.458. The highest BCUT2D eigenvalue weighted by molar-refractivity contribution is 6.31. The highest BCUT2D eigenvalue weighted by Gasteiger charge is 2.32. The Morgan fingerprint density at radius 3 is 2.54 bits per heavy atom. The van der Waals surface area contributed by atoms with Gasteiger partial charge in [-0.3, -0.25) is 0 Å². The van der Waals surface area contributed by atoms with Gasteiger partial charge in [0.15, 0.2) is 5.82 Å². The van der Waals surface area contributed by atoms with E-state index in [1.807, 2.05) is 18.3 Å². The predicted octanol–water partition coefficient (Wildman–Crippen LogP) is 4.82. The predicted molar refractivity (Wildman–Crippen MR) is 149 cm³/mol. The zero-order valence-corrected chi connectivity index (χ0v) is 23.2. The van der Waals surface area contributed by atoms with Crippen molar-refractivity contribution < 1.29 is 0 Å². The van der Waals surface area contributed by atoms with Crippen molar-refractivity contribution in [2.24, 2.45) is 0 Å². The number of piperidine rings is 1. The summed E-state index contributed by atoms with van der Waals surface area (Å²) in [5, 5.41) is 10.2. The molecule has 0 spiro atoms. The van der Waals surface area contributed by atoms with Crippen LogP contribution in [0.15, 0.2) is 59.4 Å². The lowest BCUT2D eigenvalue weighted by Crippen LogP contribution is -2.34. The third kappa shape index (κ3) is 6.52. The number of aromatic nitrogens is 4. The van der Waals surface area contributed by atoms with Gasteiger partial charge in [-0.2, -0.15) is 0 Å². The maximum atomic E-state index is 6.38. The number of fused-ring (bicyclic) bond motifs is 3. The van der Waals surface area contributed by atoms with Crippen LogP contribution in [0.3, 0.4) is 0 Å². The van der Waals surface area contributed by atoms with Crippen LogP contribution in [-0.4, -0.2) is 69.8 Å². The molecule has 1 atom stereocenters. The number of hydrogen-bond acceptors (Lipinski definition) is 6. The van der Waals surface area contributed by atoms with Crippen LogP contribution in [0.2, 0.25) is 0 Å². The molecule has 3 aliphatic rings. The van der Waals surface area contributed by atoms with E-state index in [-0.39, 0.29) is 43.3 Å². The van der Waals surface area contributed by atoms with Crippen molar-refractivity contribution in [3.8, 4) is 0 Å². The highest BCUT2D eigenvalue weighted by atomic mass is 35.5. The molecule has 2 aromatic rings. The standard InChI is InChI=1S/C24H30ClN7.3ClH/c1-29(2)13-14-30-16-19-15-20(25)6-7-21(19)32-23(17-30)27-28-24(32)18-8-11-31(12-9-18)22-5-3-4-10-26-22;;;/h3-7,10,15-16,18,21H,8-9,11-14,17H2,1-2H3;3*1H. The molecule has 5 rings (SSSR count). The van der Waals surface area contributed by atoms with Crippen molar-refractivity contribution >= 4 is 54.6 Å². The van der Waals surface area contributed by atoms with Gasteiger partial charge in [-0.05, 0) is 56.8 Å². The Morgan fingerprint density at radius 2 is 1.86 bits per heavy atom. The number of halogens is 4. The molecule has 0 aromatic carbocycles. The number of pyridine rings is 1. The van der Waals surface area contributed by atoms with Gasteiger partial charge in [0.05, 0.1) is 12.6 Å². The monoisotopic (exact) mass is 559 g/mol. The molecule has 1 fully saturated rings. The minimum absolute atomic E-state index is 0. The average Bonchev–Trinajstić information content (AvgIpc) is 3.14. The van der Waals surface area contributed by atoms with Crippen molar-refractivity contribution in [3.05, 3.63) is 71.1 Å². The summed E-state index contributed by atoms with van der Waals surface area (Å²) >= 11 is 6.38. The number of anilines is 1. The van der Waals surface area contributed by atoms with Crippen molar-refractivity contribution in [2.45, 2.75) is 31.3 Å². The highest BCUT2D eigenvalue weighted by Crippen LogP contribution is 2.37. The number of nitrogens with zero attached hydrogens (tertiary/aromatic N) is 7. The summed E-state index contributed by atoms with van der Waals surface area (Å²) in [5.41, 5.74) is 1.20. The maximum absolute atomic E-state index is 6.38. The lowest BCUT2D eigenvalue weighted by Gasteiger charge is -2.33. The maximum Gasteiger partial charge on any atom is 0.153 e. The van der Waals surface area contributed by atoms with Gasteiger partial charge in [0.1, 0.15) is 11.6 Å². The van der Waals surface area contributed by atoms with E-state index in [4.69, 9.17) is 16.7 Å². The van der Waals surface area contributed by atoms with Crippen molar-refractivity contribution in [2.75, 3.05) is 45.2 Å². The summed E-state index contributed by atoms with van der Waals surface area (Å²) in [5.74, 6) is 3.57. The molecule has 7 nitrogen and oxygen atoms in total. The SMILES string of the molecule is CN(C)CCN1C=C2C=C(Cl)C=CC2n2c(nnc2C2CCN(c3ccccn3)CC2)C1.Cl.Cl.Cl. The van der Waals surface area contributed by atoms with Crippen LogP contribution in [0.1, 0.15) is 36.5 Å². The Bertz CT molecular complexity index is 1040. The first-order chi connectivity index (χ1) is 15.6. The number of rotatable bonds is 5. The van der Waals surface area contributed by atoms with Gasteiger partial charge >= 0.3 is 0 Å². The molecule has 1 unspecified atom stereocenters. The van der Waals surface area contributed by atoms with E-state index in [1.165, 1.54) is 5.57 Å². The molecule has 1 saturated heterocycles. The second-order valence-corrected chi connectivity index (χ2v) is 9.47. The third-order valence-corrected chi connectivity index (χ3v) is 6.73. The van der Waals surface area contributed by atoms with Gasteiger partial charge < -0.3 is 19.3 Å². The lowest BCUT2D eigenvalue weighted by molar-refractivity contribution is 0.297. The fourth-order valence-corrected chi connectivity index (χ4v) is 4.98. The first kappa shape index (κ1) is 29.5. The third-order valence-electron chi connectivity index (χ3n) is 6.50. The number of hydrogen-bond donors (Lipinski definition) is 0. The first-order valence-electron chi connectivity index (χ1n) is 11.3. The lowest BCUT2D eigenvalue weighted by atomic mass is 9.94. The van der Waals surface area contributed by atoms with Crippen molar-refractivity contribution in [1.82, 2.24) is 29.5 Å². The van der Waals surface area contributed by atoms with E-state index in [0.29, 0.717) is 5.92 Å².